The zero-order chi connectivity index (χ0) is 21.1. The van der Waals surface area contributed by atoms with Crippen LogP contribution < -0.4 is 10.2 Å². The Morgan fingerprint density at radius 3 is 2.73 bits per heavy atom. The number of carbonyl (C=O) groups is 1. The Labute approximate surface area is 179 Å². The molecule has 2 aromatic rings. The van der Waals surface area contributed by atoms with Gasteiger partial charge in [-0.15, -0.1) is 0 Å². The van der Waals surface area contributed by atoms with Gasteiger partial charge < -0.3 is 10.2 Å². The third-order valence-corrected chi connectivity index (χ3v) is 7.01. The van der Waals surface area contributed by atoms with Crippen molar-refractivity contribution in [2.45, 2.75) is 45.2 Å². The van der Waals surface area contributed by atoms with Crippen molar-refractivity contribution in [2.24, 2.45) is 5.92 Å². The zero-order valence-electron chi connectivity index (χ0n) is 17.1. The topological polar surface area (TPSA) is 61.4 Å². The molecule has 0 saturated carbocycles. The first-order chi connectivity index (χ1) is 14.5. The Morgan fingerprint density at radius 1 is 1.20 bits per heavy atom. The second-order valence-corrected chi connectivity index (χ2v) is 9.24. The molecule has 162 valence electrons. The summed E-state index contributed by atoms with van der Waals surface area (Å²) in [6, 6.07) is 1.40. The second kappa shape index (κ2) is 9.34. The molecule has 4 rings (SSSR count). The average Bonchev–Trinajstić information content (AvgIpc) is 3.23. The Balaban J connectivity index is 1.29. The van der Waals surface area contributed by atoms with Gasteiger partial charge in [0, 0.05) is 31.7 Å². The van der Waals surface area contributed by atoms with Crippen molar-refractivity contribution in [3.05, 3.63) is 40.7 Å². The van der Waals surface area contributed by atoms with E-state index in [0.29, 0.717) is 10.9 Å². The van der Waals surface area contributed by atoms with E-state index in [1.807, 2.05) is 0 Å². The third-order valence-electron chi connectivity index (χ3n) is 5.96. The molecule has 6 nitrogen and oxygen atoms in total. The monoisotopic (exact) mass is 435 g/mol. The Hall–Kier alpha value is -2.13. The summed E-state index contributed by atoms with van der Waals surface area (Å²) < 4.78 is 26.6. The number of pyridine rings is 1. The van der Waals surface area contributed by atoms with Gasteiger partial charge in [-0.3, -0.25) is 14.7 Å². The van der Waals surface area contributed by atoms with Crippen LogP contribution in [-0.4, -0.2) is 53.0 Å². The molecule has 0 radical (unpaired) electrons. The van der Waals surface area contributed by atoms with Crippen molar-refractivity contribution in [1.29, 1.82) is 0 Å². The molecule has 0 bridgehead atoms. The summed E-state index contributed by atoms with van der Waals surface area (Å²) in [5, 5.41) is 3.47. The Bertz CT molecular complexity index is 884. The first-order valence-electron chi connectivity index (χ1n) is 10.5. The highest BCUT2D eigenvalue weighted by atomic mass is 32.1. The fourth-order valence-electron chi connectivity index (χ4n) is 4.32. The molecule has 0 aliphatic carbocycles. The van der Waals surface area contributed by atoms with Crippen LogP contribution in [0.2, 0.25) is 0 Å². The van der Waals surface area contributed by atoms with Crippen molar-refractivity contribution in [1.82, 2.24) is 20.2 Å². The minimum atomic E-state index is -0.772. The van der Waals surface area contributed by atoms with E-state index in [4.69, 9.17) is 0 Å². The number of carbonyl (C=O) groups excluding carboxylic acids is 1. The Morgan fingerprint density at radius 2 is 2.00 bits per heavy atom. The lowest BCUT2D eigenvalue weighted by atomic mass is 9.95. The van der Waals surface area contributed by atoms with E-state index in [2.05, 4.69) is 32.0 Å². The van der Waals surface area contributed by atoms with Crippen molar-refractivity contribution >= 4 is 22.4 Å². The summed E-state index contributed by atoms with van der Waals surface area (Å²) in [5.74, 6) is -1.06. The number of rotatable bonds is 5. The molecule has 30 heavy (non-hydrogen) atoms. The zero-order valence-corrected chi connectivity index (χ0v) is 17.9. The van der Waals surface area contributed by atoms with E-state index < -0.39 is 11.6 Å². The van der Waals surface area contributed by atoms with E-state index in [1.165, 1.54) is 37.3 Å². The van der Waals surface area contributed by atoms with E-state index in [-0.39, 0.29) is 18.1 Å². The number of nitrogens with one attached hydrogen (secondary N) is 1. The molecule has 2 fully saturated rings. The van der Waals surface area contributed by atoms with Crippen molar-refractivity contribution < 1.29 is 13.6 Å². The van der Waals surface area contributed by atoms with Crippen molar-refractivity contribution in [3.63, 3.8) is 0 Å². The number of hydrogen-bond donors (Lipinski definition) is 1. The first kappa shape index (κ1) is 21.1. The van der Waals surface area contributed by atoms with Gasteiger partial charge in [-0.1, -0.05) is 18.3 Å². The lowest BCUT2D eigenvalue weighted by Crippen LogP contribution is -2.48. The van der Waals surface area contributed by atoms with Gasteiger partial charge in [-0.2, -0.15) is 0 Å². The smallest absolute Gasteiger partial charge is 0.263 e. The highest BCUT2D eigenvalue weighted by Gasteiger charge is 2.28. The summed E-state index contributed by atoms with van der Waals surface area (Å²) in [6.07, 6.45) is 7.35. The molecule has 2 aliphatic rings. The van der Waals surface area contributed by atoms with Crippen LogP contribution >= 0.6 is 11.3 Å². The molecular formula is C21H27F2N5OS. The summed E-state index contributed by atoms with van der Waals surface area (Å²) in [7, 11) is 0. The summed E-state index contributed by atoms with van der Waals surface area (Å²) in [5.41, 5.74) is 0.00333. The normalized spacial score (nSPS) is 21.0. The van der Waals surface area contributed by atoms with Crippen LogP contribution in [0.25, 0.3) is 0 Å². The van der Waals surface area contributed by atoms with Gasteiger partial charge in [0.25, 0.3) is 5.91 Å². The highest BCUT2D eigenvalue weighted by Crippen LogP contribution is 2.28. The number of anilines is 1. The van der Waals surface area contributed by atoms with Gasteiger partial charge in [0.1, 0.15) is 16.5 Å². The first-order valence-corrected chi connectivity index (χ1v) is 11.3. The molecule has 9 heteroatoms. The standard InChI is InChI=1S/C21H27F2N5OS/c1-14-3-2-6-28(13-14)16-4-7-27(8-5-16)21-26-12-19(30-21)20(29)25-11-18-17(23)9-15(22)10-24-18/h9-10,12,14,16H,2-8,11,13H2,1H3,(H,25,29)/t14-/m1/s1. The Kier molecular flexibility index (Phi) is 6.58. The van der Waals surface area contributed by atoms with Gasteiger partial charge >= 0.3 is 0 Å². The molecular weight excluding hydrogens is 408 g/mol. The summed E-state index contributed by atoms with van der Waals surface area (Å²) >= 11 is 1.34. The number of piperidine rings is 2. The number of halogens is 2. The molecule has 0 unspecified atom stereocenters. The predicted octanol–water partition coefficient (Wildman–Crippen LogP) is 3.45. The van der Waals surface area contributed by atoms with Crippen LogP contribution in [0.3, 0.4) is 0 Å². The van der Waals surface area contributed by atoms with Crippen LogP contribution in [0.5, 0.6) is 0 Å². The third kappa shape index (κ3) is 4.95. The summed E-state index contributed by atoms with van der Waals surface area (Å²) in [6.45, 7) is 6.53. The molecule has 4 heterocycles. The van der Waals surface area contributed by atoms with E-state index in [0.717, 1.165) is 49.2 Å². The van der Waals surface area contributed by atoms with Gasteiger partial charge in [0.2, 0.25) is 0 Å². The fraction of sp³-hybridized carbons (Fsp3) is 0.571. The van der Waals surface area contributed by atoms with Crippen LogP contribution in [0.1, 0.15) is 48.0 Å². The molecule has 0 spiro atoms. The largest absolute Gasteiger partial charge is 0.348 e. The maximum Gasteiger partial charge on any atom is 0.263 e. The van der Waals surface area contributed by atoms with E-state index in [9.17, 15) is 13.6 Å². The van der Waals surface area contributed by atoms with E-state index >= 15 is 0 Å². The number of nitrogens with zero attached hydrogens (tertiary/aromatic N) is 4. The van der Waals surface area contributed by atoms with Crippen LogP contribution in [-0.2, 0) is 6.54 Å². The number of amides is 1. The minimum Gasteiger partial charge on any atom is -0.348 e. The number of aromatic nitrogens is 2. The molecule has 1 N–H and O–H groups in total. The molecule has 1 amide bonds. The quantitative estimate of drug-likeness (QED) is 0.780. The molecule has 2 aliphatic heterocycles. The minimum absolute atomic E-state index is 0.00333. The van der Waals surface area contributed by atoms with Crippen LogP contribution in [0.15, 0.2) is 18.5 Å². The molecule has 2 aromatic heterocycles. The van der Waals surface area contributed by atoms with Gasteiger partial charge in [-0.25, -0.2) is 13.8 Å². The number of likely N-dealkylation sites (tertiary alicyclic amines) is 1. The number of thiazole rings is 1. The van der Waals surface area contributed by atoms with Crippen molar-refractivity contribution in [3.8, 4) is 0 Å². The van der Waals surface area contributed by atoms with Crippen LogP contribution in [0, 0.1) is 17.6 Å². The van der Waals surface area contributed by atoms with Crippen LogP contribution in [0.4, 0.5) is 13.9 Å². The average molecular weight is 436 g/mol. The number of hydrogen-bond acceptors (Lipinski definition) is 6. The summed E-state index contributed by atoms with van der Waals surface area (Å²) in [4.78, 5) is 25.9. The van der Waals surface area contributed by atoms with Gasteiger partial charge in [0.15, 0.2) is 5.13 Å². The SMILES string of the molecule is C[C@@H]1CCCN(C2CCN(c3ncc(C(=O)NCc4ncc(F)cc4F)s3)CC2)C1. The molecule has 1 atom stereocenters. The lowest BCUT2D eigenvalue weighted by molar-refractivity contribution is 0.0954. The fourth-order valence-corrected chi connectivity index (χ4v) is 5.20. The maximum atomic E-state index is 13.7. The van der Waals surface area contributed by atoms with Crippen molar-refractivity contribution in [2.75, 3.05) is 31.1 Å². The highest BCUT2D eigenvalue weighted by molar-refractivity contribution is 7.17. The second-order valence-electron chi connectivity index (χ2n) is 8.23. The molecule has 2 saturated heterocycles. The van der Waals surface area contributed by atoms with Gasteiger partial charge in [0.05, 0.1) is 24.6 Å². The van der Waals surface area contributed by atoms with Gasteiger partial charge in [-0.05, 0) is 38.1 Å². The molecule has 0 aromatic carbocycles. The van der Waals surface area contributed by atoms with E-state index in [1.54, 1.807) is 6.20 Å². The lowest BCUT2D eigenvalue weighted by Gasteiger charge is -2.41. The maximum absolute atomic E-state index is 13.7. The predicted molar refractivity (Wildman–Crippen MR) is 113 cm³/mol.